The average molecular weight is 969 g/mol. The summed E-state index contributed by atoms with van der Waals surface area (Å²) in [7, 11) is 0. The number of hydrogen-bond acceptors (Lipinski definition) is 8. The Morgan fingerprint density at radius 1 is 0.603 bits per heavy atom. The second-order valence-electron chi connectivity index (χ2n) is 15.7. The van der Waals surface area contributed by atoms with Crippen LogP contribution in [-0.4, -0.2) is 37.8 Å². The molecule has 10 heteroatoms. The van der Waals surface area contributed by atoms with Gasteiger partial charge in [0.2, 0.25) is 0 Å². The Labute approximate surface area is 382 Å². The Morgan fingerprint density at radius 2 is 1.14 bits per heavy atom. The van der Waals surface area contributed by atoms with E-state index in [-0.39, 0.29) is 46.3 Å². The van der Waals surface area contributed by atoms with Gasteiger partial charge in [-0.3, -0.25) is 14.4 Å². The lowest BCUT2D eigenvalue weighted by molar-refractivity contribution is 0.103. The van der Waals surface area contributed by atoms with Gasteiger partial charge in [0.25, 0.3) is 0 Å². The molecule has 318 valence electrons. The number of ketones is 3. The summed E-state index contributed by atoms with van der Waals surface area (Å²) in [6, 6.07) is 36.7. The fraction of sp³-hybridized carbons (Fsp3) is 0.151. The number of furan rings is 1. The molecule has 0 saturated carbocycles. The van der Waals surface area contributed by atoms with Gasteiger partial charge in [0.1, 0.15) is 34.3 Å². The lowest BCUT2D eigenvalue weighted by Crippen LogP contribution is -2.05. The second kappa shape index (κ2) is 18.9. The normalized spacial score (nSPS) is 12.7. The zero-order valence-electron chi connectivity index (χ0n) is 35.0. The third-order valence-electron chi connectivity index (χ3n) is 11.1. The van der Waals surface area contributed by atoms with Crippen LogP contribution in [0, 0.1) is 0 Å². The van der Waals surface area contributed by atoms with E-state index < -0.39 is 0 Å². The third-order valence-corrected chi connectivity index (χ3v) is 12.3. The number of hydrogen-bond donors (Lipinski definition) is 4. The van der Waals surface area contributed by atoms with Gasteiger partial charge in [0.15, 0.2) is 17.3 Å². The number of aromatic hydroxyl groups is 4. The molecule has 0 radical (unpaired) electrons. The predicted octanol–water partition coefficient (Wildman–Crippen LogP) is 13.3. The second-order valence-corrected chi connectivity index (χ2v) is 17.4. The van der Waals surface area contributed by atoms with E-state index in [0.29, 0.717) is 48.1 Å². The molecule has 0 unspecified atom stereocenters. The van der Waals surface area contributed by atoms with E-state index in [9.17, 15) is 34.8 Å². The van der Waals surface area contributed by atoms with E-state index >= 15 is 0 Å². The summed E-state index contributed by atoms with van der Waals surface area (Å²) in [6.45, 7) is 8.03. The van der Waals surface area contributed by atoms with Crippen LogP contribution < -0.4 is 0 Å². The lowest BCUT2D eigenvalue weighted by atomic mass is 9.95. The molecular weight excluding hydrogens is 924 g/mol. The number of rotatable bonds is 8. The van der Waals surface area contributed by atoms with Crippen molar-refractivity contribution < 1.29 is 39.2 Å². The fourth-order valence-corrected chi connectivity index (χ4v) is 9.13. The molecular formula is C53H44Br2O8. The molecule has 0 amide bonds. The van der Waals surface area contributed by atoms with Gasteiger partial charge in [0.05, 0.1) is 14.5 Å². The minimum atomic E-state index is -0.125. The molecule has 2 aliphatic rings. The molecule has 0 spiro atoms. The van der Waals surface area contributed by atoms with Crippen LogP contribution in [0.4, 0.5) is 0 Å². The van der Waals surface area contributed by atoms with Gasteiger partial charge < -0.3 is 24.8 Å². The number of allylic oxidation sites excluding steroid dienone is 4. The largest absolute Gasteiger partial charge is 0.508 e. The molecule has 9 rings (SSSR count). The van der Waals surface area contributed by atoms with Crippen LogP contribution in [0.15, 0.2) is 152 Å². The number of phenolic OH excluding ortho intramolecular Hbond substituents is 4. The van der Waals surface area contributed by atoms with Gasteiger partial charge in [-0.1, -0.05) is 80.4 Å². The maximum absolute atomic E-state index is 13.1. The quantitative estimate of drug-likeness (QED) is 0.110. The number of carbonyl (C=O) groups excluding carboxylic acids is 3. The lowest BCUT2D eigenvalue weighted by Gasteiger charge is -2.08. The molecule has 2 aliphatic carbocycles. The molecule has 0 fully saturated rings. The predicted molar refractivity (Wildman–Crippen MR) is 254 cm³/mol. The molecule has 7 aromatic rings. The first kappa shape index (κ1) is 44.6. The number of para-hydroxylation sites is 1. The molecule has 0 saturated heterocycles. The first-order chi connectivity index (χ1) is 30.2. The Hall–Kier alpha value is -6.49. The monoisotopic (exact) mass is 966 g/mol. The van der Waals surface area contributed by atoms with Gasteiger partial charge in [-0.25, -0.2) is 0 Å². The zero-order valence-corrected chi connectivity index (χ0v) is 38.2. The summed E-state index contributed by atoms with van der Waals surface area (Å²) in [5.74, 6) is 1.17. The average Bonchev–Trinajstić information content (AvgIpc) is 3.96. The van der Waals surface area contributed by atoms with Crippen LogP contribution in [0.3, 0.4) is 0 Å². The standard InChI is InChI=1S/C18H14Br2O3.C18H16O3.C17H14O2/c1-9(2)18-15(11-5-3-4-6-14(11)23-18)16(21)10-7-12(19)17(22)13(20)8-10;1-2-11-9-13-5-8-15(20)10-16(13)17(11)18(21)12-3-6-14(19)7-4-12;1-11-10-13-4-2-3-5-15(13)16(11)17(19)12-6-8-14(18)9-7-12/h3-9,22H,1-2H3;3-8,10,19-20H,2,9H2,1H3;2-9,18H,10H2,1H3. The fourth-order valence-electron chi connectivity index (χ4n) is 7.94. The Balaban J connectivity index is 0.000000142. The molecule has 8 nitrogen and oxygen atoms in total. The Kier molecular flexibility index (Phi) is 13.3. The minimum Gasteiger partial charge on any atom is -0.508 e. The zero-order chi connectivity index (χ0) is 45.1. The molecule has 1 heterocycles. The van der Waals surface area contributed by atoms with Crippen molar-refractivity contribution >= 4 is 71.3 Å². The number of phenols is 4. The molecule has 0 bridgehead atoms. The van der Waals surface area contributed by atoms with Crippen molar-refractivity contribution in [1.29, 1.82) is 0 Å². The van der Waals surface area contributed by atoms with Crippen LogP contribution >= 0.6 is 31.9 Å². The van der Waals surface area contributed by atoms with Gasteiger partial charge in [-0.05, 0) is 159 Å². The topological polar surface area (TPSA) is 145 Å². The van der Waals surface area contributed by atoms with Gasteiger partial charge >= 0.3 is 0 Å². The van der Waals surface area contributed by atoms with E-state index in [4.69, 9.17) is 4.42 Å². The van der Waals surface area contributed by atoms with Crippen LogP contribution in [0.2, 0.25) is 0 Å². The maximum atomic E-state index is 13.1. The molecule has 0 aliphatic heterocycles. The van der Waals surface area contributed by atoms with Gasteiger partial charge in [-0.15, -0.1) is 0 Å². The first-order valence-corrected chi connectivity index (χ1v) is 22.0. The van der Waals surface area contributed by atoms with Gasteiger partial charge in [-0.2, -0.15) is 0 Å². The summed E-state index contributed by atoms with van der Waals surface area (Å²) >= 11 is 6.54. The van der Waals surface area contributed by atoms with E-state index in [1.165, 1.54) is 17.7 Å². The molecule has 6 aromatic carbocycles. The SMILES string of the molecule is CC(C)c1oc2ccccc2c1C(=O)c1cc(Br)c(O)c(Br)c1.CC1=C(C(=O)c2ccc(O)cc2)c2ccccc2C1.CCC1=C(C(=O)c2ccc(O)cc2)c2cc(O)ccc2C1. The van der Waals surface area contributed by atoms with E-state index in [1.807, 2.05) is 76.2 Å². The first-order valence-electron chi connectivity index (χ1n) is 20.4. The summed E-state index contributed by atoms with van der Waals surface area (Å²) in [5, 5.41) is 39.0. The highest BCUT2D eigenvalue weighted by molar-refractivity contribution is 9.11. The smallest absolute Gasteiger partial charge is 0.197 e. The van der Waals surface area contributed by atoms with Crippen LogP contribution in [-0.2, 0) is 12.8 Å². The van der Waals surface area contributed by atoms with Crippen LogP contribution in [0.5, 0.6) is 23.0 Å². The number of fused-ring (bicyclic) bond motifs is 3. The summed E-state index contributed by atoms with van der Waals surface area (Å²) < 4.78 is 6.83. The number of benzene rings is 6. The number of carbonyl (C=O) groups is 3. The molecule has 0 atom stereocenters. The van der Waals surface area contributed by atoms with E-state index in [1.54, 1.807) is 60.7 Å². The summed E-state index contributed by atoms with van der Waals surface area (Å²) in [4.78, 5) is 38.5. The van der Waals surface area contributed by atoms with Crippen molar-refractivity contribution in [2.75, 3.05) is 0 Å². The molecule has 1 aromatic heterocycles. The minimum absolute atomic E-state index is 0.0300. The van der Waals surface area contributed by atoms with Crippen molar-refractivity contribution in [3.8, 4) is 23.0 Å². The van der Waals surface area contributed by atoms with Crippen LogP contribution in [0.1, 0.15) is 105 Å². The maximum Gasteiger partial charge on any atom is 0.197 e. The van der Waals surface area contributed by atoms with Crippen molar-refractivity contribution in [2.24, 2.45) is 0 Å². The number of Topliss-reactive ketones (excluding diaryl/α,β-unsaturated/α-hetero) is 2. The van der Waals surface area contributed by atoms with Gasteiger partial charge in [0, 0.05) is 39.1 Å². The van der Waals surface area contributed by atoms with E-state index in [2.05, 4.69) is 37.9 Å². The summed E-state index contributed by atoms with van der Waals surface area (Å²) in [5.41, 5.74) is 10.8. The Bertz CT molecular complexity index is 2950. The Morgan fingerprint density at radius 3 is 1.75 bits per heavy atom. The van der Waals surface area contributed by atoms with Crippen LogP contribution in [0.25, 0.3) is 22.1 Å². The molecule has 63 heavy (non-hydrogen) atoms. The third kappa shape index (κ3) is 9.33. The molecule has 4 N–H and O–H groups in total. The highest BCUT2D eigenvalue weighted by Gasteiger charge is 2.28. The van der Waals surface area contributed by atoms with Crippen molar-refractivity contribution in [3.63, 3.8) is 0 Å². The van der Waals surface area contributed by atoms with Crippen molar-refractivity contribution in [2.45, 2.75) is 52.9 Å². The highest BCUT2D eigenvalue weighted by atomic mass is 79.9. The van der Waals surface area contributed by atoms with Crippen molar-refractivity contribution in [1.82, 2.24) is 0 Å². The van der Waals surface area contributed by atoms with Crippen molar-refractivity contribution in [3.05, 3.63) is 198 Å². The van der Waals surface area contributed by atoms with E-state index in [0.717, 1.165) is 58.1 Å². The number of halogens is 2. The highest BCUT2D eigenvalue weighted by Crippen LogP contribution is 2.40. The summed E-state index contributed by atoms with van der Waals surface area (Å²) in [6.07, 6.45) is 2.40.